The van der Waals surface area contributed by atoms with E-state index in [1.54, 1.807) is 18.2 Å². The third-order valence-corrected chi connectivity index (χ3v) is 2.60. The summed E-state index contributed by atoms with van der Waals surface area (Å²) in [6.45, 7) is -2.88. The molecule has 0 saturated carbocycles. The number of thioether (sulfide) groups is 1. The highest BCUT2D eigenvalue weighted by Crippen LogP contribution is 2.25. The van der Waals surface area contributed by atoms with Gasteiger partial charge in [-0.25, -0.2) is 0 Å². The number of rotatable bonds is 4. The highest BCUT2D eigenvalue weighted by Gasteiger charge is 2.09. The fraction of sp³-hybridized carbons (Fsp3) is 0.200. The number of guanidine groups is 1. The quantitative estimate of drug-likeness (QED) is 0.575. The summed E-state index contributed by atoms with van der Waals surface area (Å²) >= 11 is 1.01. The monoisotopic (exact) mass is 274 g/mol. The summed E-state index contributed by atoms with van der Waals surface area (Å²) in [6.07, 6.45) is 0. The number of hydrogen-bond donors (Lipinski definition) is 3. The van der Waals surface area contributed by atoms with Crippen LogP contribution in [0.5, 0.6) is 5.75 Å². The van der Waals surface area contributed by atoms with Gasteiger partial charge in [-0.05, 0) is 6.07 Å². The first kappa shape index (κ1) is 14.2. The number of aliphatic imine (C=N–C) groups is 1. The molecule has 0 unspecified atom stereocenters. The molecule has 0 fully saturated rings. The van der Waals surface area contributed by atoms with Crippen molar-refractivity contribution in [3.63, 3.8) is 0 Å². The predicted octanol–water partition coefficient (Wildman–Crippen LogP) is 1.73. The summed E-state index contributed by atoms with van der Waals surface area (Å²) in [6, 6.07) is 6.35. The third-order valence-electron chi connectivity index (χ3n) is 1.78. The van der Waals surface area contributed by atoms with Crippen molar-refractivity contribution in [2.24, 2.45) is 16.5 Å². The minimum absolute atomic E-state index is 0.0810. The SMILES string of the molecule is N=C(N=C(N)N)SCc1ccccc1OC(F)F. The molecule has 5 nitrogen and oxygen atoms in total. The molecule has 0 aromatic heterocycles. The van der Waals surface area contributed by atoms with Gasteiger partial charge in [0.25, 0.3) is 0 Å². The van der Waals surface area contributed by atoms with Crippen LogP contribution in [0.3, 0.4) is 0 Å². The van der Waals surface area contributed by atoms with Crippen LogP contribution in [0.25, 0.3) is 0 Å². The zero-order valence-electron chi connectivity index (χ0n) is 9.27. The lowest BCUT2D eigenvalue weighted by molar-refractivity contribution is -0.0503. The largest absolute Gasteiger partial charge is 0.435 e. The first-order valence-corrected chi connectivity index (χ1v) is 5.81. The molecule has 18 heavy (non-hydrogen) atoms. The average Bonchev–Trinajstić information content (AvgIpc) is 2.26. The van der Waals surface area contributed by atoms with E-state index in [-0.39, 0.29) is 22.6 Å². The van der Waals surface area contributed by atoms with Crippen molar-refractivity contribution in [1.29, 1.82) is 5.41 Å². The molecule has 0 saturated heterocycles. The summed E-state index contributed by atoms with van der Waals surface area (Å²) in [5.41, 5.74) is 10.8. The molecule has 5 N–H and O–H groups in total. The van der Waals surface area contributed by atoms with Crippen LogP contribution in [-0.4, -0.2) is 17.7 Å². The van der Waals surface area contributed by atoms with Crippen LogP contribution >= 0.6 is 11.8 Å². The Hall–Kier alpha value is -1.83. The number of nitrogens with two attached hydrogens (primary N) is 2. The van der Waals surface area contributed by atoms with E-state index >= 15 is 0 Å². The zero-order valence-corrected chi connectivity index (χ0v) is 10.1. The summed E-state index contributed by atoms with van der Waals surface area (Å²) in [5, 5.41) is 7.31. The maximum atomic E-state index is 12.1. The van der Waals surface area contributed by atoms with E-state index in [0.717, 1.165) is 11.8 Å². The zero-order chi connectivity index (χ0) is 13.5. The Morgan fingerprint density at radius 3 is 2.67 bits per heavy atom. The fourth-order valence-corrected chi connectivity index (χ4v) is 1.83. The molecule has 0 bridgehead atoms. The van der Waals surface area contributed by atoms with Crippen molar-refractivity contribution in [2.75, 3.05) is 0 Å². The van der Waals surface area contributed by atoms with Gasteiger partial charge in [0.1, 0.15) is 5.75 Å². The van der Waals surface area contributed by atoms with Gasteiger partial charge in [-0.1, -0.05) is 30.0 Å². The van der Waals surface area contributed by atoms with Crippen LogP contribution in [0, 0.1) is 5.41 Å². The molecule has 0 amide bonds. The van der Waals surface area contributed by atoms with Gasteiger partial charge >= 0.3 is 6.61 Å². The smallest absolute Gasteiger partial charge is 0.387 e. The standard InChI is InChI=1S/C10H12F2N4OS/c11-8(12)17-7-4-2-1-3-6(7)5-18-10(15)16-9(13)14/h1-4,8H,5H2,(H5,13,14,15,16). The van der Waals surface area contributed by atoms with E-state index in [0.29, 0.717) is 5.56 Å². The van der Waals surface area contributed by atoms with Crippen LogP contribution in [0.2, 0.25) is 0 Å². The molecule has 0 heterocycles. The summed E-state index contributed by atoms with van der Waals surface area (Å²) in [7, 11) is 0. The molecule has 1 aromatic rings. The number of hydrogen-bond acceptors (Lipinski definition) is 3. The summed E-state index contributed by atoms with van der Waals surface area (Å²) < 4.78 is 28.6. The van der Waals surface area contributed by atoms with Crippen molar-refractivity contribution < 1.29 is 13.5 Å². The molecule has 1 rings (SSSR count). The summed E-state index contributed by atoms with van der Waals surface area (Å²) in [5.74, 6) is 0.125. The Morgan fingerprint density at radius 1 is 1.39 bits per heavy atom. The number of para-hydroxylation sites is 1. The third kappa shape index (κ3) is 5.00. The van der Waals surface area contributed by atoms with Crippen molar-refractivity contribution in [3.05, 3.63) is 29.8 Å². The summed E-state index contributed by atoms with van der Waals surface area (Å²) in [4.78, 5) is 3.51. The Bertz CT molecular complexity index is 449. The van der Waals surface area contributed by atoms with Crippen molar-refractivity contribution in [3.8, 4) is 5.75 Å². The fourth-order valence-electron chi connectivity index (χ4n) is 1.13. The molecule has 0 spiro atoms. The van der Waals surface area contributed by atoms with E-state index in [9.17, 15) is 8.78 Å². The lowest BCUT2D eigenvalue weighted by Crippen LogP contribution is -2.23. The van der Waals surface area contributed by atoms with E-state index in [2.05, 4.69) is 9.73 Å². The highest BCUT2D eigenvalue weighted by atomic mass is 32.2. The van der Waals surface area contributed by atoms with Gasteiger partial charge in [0.2, 0.25) is 0 Å². The van der Waals surface area contributed by atoms with Gasteiger partial charge in [-0.2, -0.15) is 13.8 Å². The Morgan fingerprint density at radius 2 is 2.06 bits per heavy atom. The number of ether oxygens (including phenoxy) is 1. The number of nitrogens with zero attached hydrogens (tertiary/aromatic N) is 1. The van der Waals surface area contributed by atoms with E-state index in [1.807, 2.05) is 0 Å². The minimum atomic E-state index is -2.88. The molecule has 0 aliphatic rings. The van der Waals surface area contributed by atoms with Crippen LogP contribution in [-0.2, 0) is 5.75 Å². The van der Waals surface area contributed by atoms with Gasteiger partial charge in [-0.3, -0.25) is 5.41 Å². The molecule has 0 aliphatic heterocycles. The van der Waals surface area contributed by atoms with E-state index in [1.165, 1.54) is 6.07 Å². The molecular formula is C10H12F2N4OS. The molecule has 8 heteroatoms. The van der Waals surface area contributed by atoms with Gasteiger partial charge in [0.15, 0.2) is 11.1 Å². The van der Waals surface area contributed by atoms with Crippen molar-refractivity contribution >= 4 is 22.9 Å². The van der Waals surface area contributed by atoms with Crippen molar-refractivity contribution in [2.45, 2.75) is 12.4 Å². The first-order valence-electron chi connectivity index (χ1n) is 4.82. The number of alkyl halides is 2. The Labute approximate surface area is 107 Å². The number of halogens is 2. The Balaban J connectivity index is 2.67. The first-order chi connectivity index (χ1) is 8.49. The van der Waals surface area contributed by atoms with Crippen LogP contribution in [0.1, 0.15) is 5.56 Å². The molecule has 1 aromatic carbocycles. The predicted molar refractivity (Wildman–Crippen MR) is 67.9 cm³/mol. The van der Waals surface area contributed by atoms with Crippen LogP contribution in [0.4, 0.5) is 8.78 Å². The molecule has 0 aliphatic carbocycles. The maximum Gasteiger partial charge on any atom is 0.387 e. The van der Waals surface area contributed by atoms with Gasteiger partial charge in [-0.15, -0.1) is 0 Å². The maximum absolute atomic E-state index is 12.1. The lowest BCUT2D eigenvalue weighted by atomic mass is 10.2. The topological polar surface area (TPSA) is 97.5 Å². The second kappa shape index (κ2) is 6.80. The minimum Gasteiger partial charge on any atom is -0.435 e. The van der Waals surface area contributed by atoms with Gasteiger partial charge in [0.05, 0.1) is 0 Å². The second-order valence-corrected chi connectivity index (χ2v) is 4.08. The second-order valence-electron chi connectivity index (χ2n) is 3.12. The Kier molecular flexibility index (Phi) is 5.37. The molecule has 0 atom stereocenters. The number of nitrogens with one attached hydrogen (secondary N) is 1. The van der Waals surface area contributed by atoms with Gasteiger partial charge < -0.3 is 16.2 Å². The number of benzene rings is 1. The number of amidine groups is 1. The molecule has 0 radical (unpaired) electrons. The average molecular weight is 274 g/mol. The van der Waals surface area contributed by atoms with Gasteiger partial charge in [0, 0.05) is 11.3 Å². The van der Waals surface area contributed by atoms with E-state index < -0.39 is 6.61 Å². The van der Waals surface area contributed by atoms with Crippen molar-refractivity contribution in [1.82, 2.24) is 0 Å². The molecular weight excluding hydrogens is 262 g/mol. The van der Waals surface area contributed by atoms with Crippen LogP contribution < -0.4 is 16.2 Å². The highest BCUT2D eigenvalue weighted by molar-refractivity contribution is 8.13. The normalized spacial score (nSPS) is 10.2. The van der Waals surface area contributed by atoms with Crippen LogP contribution in [0.15, 0.2) is 29.3 Å². The van der Waals surface area contributed by atoms with E-state index in [4.69, 9.17) is 16.9 Å². The molecule has 98 valence electrons. The lowest BCUT2D eigenvalue weighted by Gasteiger charge is -2.09.